The Morgan fingerprint density at radius 2 is 2.00 bits per heavy atom. The second-order valence-electron chi connectivity index (χ2n) is 7.18. The minimum Gasteiger partial charge on any atom is -0.334 e. The van der Waals surface area contributed by atoms with Gasteiger partial charge < -0.3 is 15.1 Å². The molecule has 1 aromatic carbocycles. The average molecular weight is 329 g/mol. The Balaban J connectivity index is 1.57. The Bertz CT molecular complexity index is 590. The number of nitrogens with one attached hydrogen (secondary N) is 1. The van der Waals surface area contributed by atoms with E-state index >= 15 is 0 Å². The topological polar surface area (TPSA) is 52.7 Å². The Kier molecular flexibility index (Phi) is 5.07. The van der Waals surface area contributed by atoms with E-state index in [0.29, 0.717) is 18.9 Å². The third-order valence-corrected chi connectivity index (χ3v) is 5.18. The van der Waals surface area contributed by atoms with Crippen molar-refractivity contribution in [1.29, 1.82) is 0 Å². The molecule has 1 aromatic rings. The van der Waals surface area contributed by atoms with Crippen molar-refractivity contribution in [3.63, 3.8) is 0 Å². The first kappa shape index (κ1) is 16.8. The zero-order chi connectivity index (χ0) is 17.1. The van der Waals surface area contributed by atoms with E-state index in [9.17, 15) is 9.59 Å². The summed E-state index contributed by atoms with van der Waals surface area (Å²) in [4.78, 5) is 28.6. The summed E-state index contributed by atoms with van der Waals surface area (Å²) >= 11 is 0. The number of rotatable bonds is 3. The Morgan fingerprint density at radius 1 is 1.25 bits per heavy atom. The van der Waals surface area contributed by atoms with Crippen LogP contribution in [0, 0.1) is 5.92 Å². The molecule has 2 saturated heterocycles. The standard InChI is InChI=1S/C19H27N3O2/c1-14-7-6-10-21(12-14)19(24)20-17-11-18(23)22(13-17)15(2)16-8-4-3-5-9-16/h3-5,8-9,14-15,17H,6-7,10-13H2,1-2H3,(H,20,24). The lowest BCUT2D eigenvalue weighted by molar-refractivity contribution is -0.129. The number of carbonyl (C=O) groups excluding carboxylic acids is 2. The van der Waals surface area contributed by atoms with Crippen LogP contribution < -0.4 is 5.32 Å². The maximum absolute atomic E-state index is 12.4. The molecule has 0 aliphatic carbocycles. The molecular formula is C19H27N3O2. The molecule has 3 amide bonds. The smallest absolute Gasteiger partial charge is 0.317 e. The number of carbonyl (C=O) groups is 2. The van der Waals surface area contributed by atoms with Gasteiger partial charge in [0.2, 0.25) is 5.91 Å². The fraction of sp³-hybridized carbons (Fsp3) is 0.579. The molecule has 5 nitrogen and oxygen atoms in total. The molecule has 3 atom stereocenters. The first-order valence-corrected chi connectivity index (χ1v) is 8.94. The fourth-order valence-electron chi connectivity index (χ4n) is 3.75. The van der Waals surface area contributed by atoms with Crippen LogP contribution in [0.2, 0.25) is 0 Å². The van der Waals surface area contributed by atoms with Crippen LogP contribution in [0.25, 0.3) is 0 Å². The molecule has 3 rings (SSSR count). The van der Waals surface area contributed by atoms with Crippen LogP contribution in [0.15, 0.2) is 30.3 Å². The van der Waals surface area contributed by atoms with E-state index in [-0.39, 0.29) is 24.0 Å². The fourth-order valence-corrected chi connectivity index (χ4v) is 3.75. The number of amides is 3. The van der Waals surface area contributed by atoms with Gasteiger partial charge in [0.1, 0.15) is 0 Å². The van der Waals surface area contributed by atoms with Gasteiger partial charge in [0, 0.05) is 26.1 Å². The van der Waals surface area contributed by atoms with E-state index in [0.717, 1.165) is 25.1 Å². The molecular weight excluding hydrogens is 302 g/mol. The second kappa shape index (κ2) is 7.24. The number of nitrogens with zero attached hydrogens (tertiary/aromatic N) is 2. The van der Waals surface area contributed by atoms with Crippen molar-refractivity contribution >= 4 is 11.9 Å². The van der Waals surface area contributed by atoms with Crippen LogP contribution in [0.1, 0.15) is 44.7 Å². The summed E-state index contributed by atoms with van der Waals surface area (Å²) in [6, 6.07) is 9.96. The van der Waals surface area contributed by atoms with Gasteiger partial charge in [0.25, 0.3) is 0 Å². The van der Waals surface area contributed by atoms with Crippen LogP contribution in [0.5, 0.6) is 0 Å². The summed E-state index contributed by atoms with van der Waals surface area (Å²) in [6.45, 7) is 6.45. The quantitative estimate of drug-likeness (QED) is 0.927. The highest BCUT2D eigenvalue weighted by molar-refractivity contribution is 5.82. The lowest BCUT2D eigenvalue weighted by atomic mass is 10.0. The van der Waals surface area contributed by atoms with Crippen molar-refractivity contribution in [2.75, 3.05) is 19.6 Å². The van der Waals surface area contributed by atoms with E-state index in [4.69, 9.17) is 0 Å². The molecule has 0 radical (unpaired) electrons. The number of urea groups is 1. The monoisotopic (exact) mass is 329 g/mol. The summed E-state index contributed by atoms with van der Waals surface area (Å²) in [5, 5.41) is 3.06. The van der Waals surface area contributed by atoms with Crippen molar-refractivity contribution in [1.82, 2.24) is 15.1 Å². The van der Waals surface area contributed by atoms with Gasteiger partial charge in [-0.15, -0.1) is 0 Å². The highest BCUT2D eigenvalue weighted by atomic mass is 16.2. The lowest BCUT2D eigenvalue weighted by Gasteiger charge is -2.32. The first-order chi connectivity index (χ1) is 11.5. The van der Waals surface area contributed by atoms with Gasteiger partial charge in [-0.1, -0.05) is 37.3 Å². The predicted octanol–water partition coefficient (Wildman–Crippen LogP) is 2.79. The van der Waals surface area contributed by atoms with Crippen LogP contribution in [-0.4, -0.2) is 47.4 Å². The normalized spacial score (nSPS) is 25.7. The molecule has 130 valence electrons. The van der Waals surface area contributed by atoms with Gasteiger partial charge in [0.15, 0.2) is 0 Å². The van der Waals surface area contributed by atoms with Crippen molar-refractivity contribution in [3.8, 4) is 0 Å². The van der Waals surface area contributed by atoms with Crippen molar-refractivity contribution in [2.45, 2.75) is 45.2 Å². The molecule has 3 unspecified atom stereocenters. The summed E-state index contributed by atoms with van der Waals surface area (Å²) < 4.78 is 0. The van der Waals surface area contributed by atoms with Crippen LogP contribution in [0.4, 0.5) is 4.79 Å². The highest BCUT2D eigenvalue weighted by Crippen LogP contribution is 2.25. The molecule has 2 aliphatic heterocycles. The van der Waals surface area contributed by atoms with Crippen LogP contribution in [0.3, 0.4) is 0 Å². The number of hydrogen-bond acceptors (Lipinski definition) is 2. The summed E-state index contributed by atoms with van der Waals surface area (Å²) in [5.41, 5.74) is 1.13. The zero-order valence-electron chi connectivity index (χ0n) is 14.6. The zero-order valence-corrected chi connectivity index (χ0v) is 14.6. The minimum absolute atomic E-state index is 0.0198. The second-order valence-corrected chi connectivity index (χ2v) is 7.18. The van der Waals surface area contributed by atoms with E-state index in [2.05, 4.69) is 12.2 Å². The van der Waals surface area contributed by atoms with E-state index < -0.39 is 0 Å². The average Bonchev–Trinajstić information content (AvgIpc) is 2.95. The first-order valence-electron chi connectivity index (χ1n) is 8.94. The molecule has 24 heavy (non-hydrogen) atoms. The molecule has 2 fully saturated rings. The number of benzene rings is 1. The van der Waals surface area contributed by atoms with Crippen LogP contribution in [-0.2, 0) is 4.79 Å². The van der Waals surface area contributed by atoms with Crippen molar-refractivity contribution in [2.24, 2.45) is 5.92 Å². The third kappa shape index (κ3) is 3.71. The Labute approximate surface area is 144 Å². The molecule has 5 heteroatoms. The maximum Gasteiger partial charge on any atom is 0.317 e. The van der Waals surface area contributed by atoms with Gasteiger partial charge in [-0.05, 0) is 31.2 Å². The lowest BCUT2D eigenvalue weighted by Crippen LogP contribution is -2.49. The number of piperidine rings is 1. The molecule has 0 saturated carbocycles. The third-order valence-electron chi connectivity index (χ3n) is 5.18. The molecule has 2 heterocycles. The number of likely N-dealkylation sites (tertiary alicyclic amines) is 2. The van der Waals surface area contributed by atoms with Gasteiger partial charge in [-0.2, -0.15) is 0 Å². The van der Waals surface area contributed by atoms with Gasteiger partial charge >= 0.3 is 6.03 Å². The van der Waals surface area contributed by atoms with E-state index in [1.54, 1.807) is 0 Å². The molecule has 1 N–H and O–H groups in total. The minimum atomic E-state index is -0.0894. The molecule has 0 bridgehead atoms. The largest absolute Gasteiger partial charge is 0.334 e. The maximum atomic E-state index is 12.4. The predicted molar refractivity (Wildman–Crippen MR) is 93.5 cm³/mol. The highest BCUT2D eigenvalue weighted by Gasteiger charge is 2.35. The van der Waals surface area contributed by atoms with E-state index in [1.807, 2.05) is 47.1 Å². The van der Waals surface area contributed by atoms with Gasteiger partial charge in [-0.3, -0.25) is 4.79 Å². The summed E-state index contributed by atoms with van der Waals surface area (Å²) in [5.74, 6) is 0.674. The van der Waals surface area contributed by atoms with Crippen molar-refractivity contribution in [3.05, 3.63) is 35.9 Å². The van der Waals surface area contributed by atoms with Gasteiger partial charge in [0.05, 0.1) is 12.1 Å². The Hall–Kier alpha value is -2.04. The van der Waals surface area contributed by atoms with Crippen LogP contribution >= 0.6 is 0 Å². The summed E-state index contributed by atoms with van der Waals surface area (Å²) in [7, 11) is 0. The summed E-state index contributed by atoms with van der Waals surface area (Å²) in [6.07, 6.45) is 2.65. The molecule has 0 spiro atoms. The number of hydrogen-bond donors (Lipinski definition) is 1. The molecule has 0 aromatic heterocycles. The van der Waals surface area contributed by atoms with Gasteiger partial charge in [-0.25, -0.2) is 4.79 Å². The molecule has 2 aliphatic rings. The van der Waals surface area contributed by atoms with E-state index in [1.165, 1.54) is 6.42 Å². The SMILES string of the molecule is CC1CCCN(C(=O)NC2CC(=O)N(C(C)c3ccccc3)C2)C1. The Morgan fingerprint density at radius 3 is 2.71 bits per heavy atom. The van der Waals surface area contributed by atoms with Crippen molar-refractivity contribution < 1.29 is 9.59 Å².